The van der Waals surface area contributed by atoms with Gasteiger partial charge in [0.2, 0.25) is 0 Å². The highest BCUT2D eigenvalue weighted by Gasteiger charge is 2.36. The van der Waals surface area contributed by atoms with Crippen molar-refractivity contribution < 1.29 is 0 Å². The molecule has 16 heavy (non-hydrogen) atoms. The van der Waals surface area contributed by atoms with Crippen LogP contribution in [-0.4, -0.2) is 0 Å². The molecule has 0 unspecified atom stereocenters. The maximum Gasteiger partial charge on any atom is 0.0155 e. The Bertz CT molecular complexity index is 513. The summed E-state index contributed by atoms with van der Waals surface area (Å²) in [6.45, 7) is 6.88. The van der Waals surface area contributed by atoms with Gasteiger partial charge in [-0.25, -0.2) is 0 Å². The number of hydrogen-bond donors (Lipinski definition) is 0. The predicted molar refractivity (Wildman–Crippen MR) is 69.5 cm³/mol. The summed E-state index contributed by atoms with van der Waals surface area (Å²) in [6, 6.07) is 6.92. The summed E-state index contributed by atoms with van der Waals surface area (Å²) < 4.78 is 0. The van der Waals surface area contributed by atoms with Crippen molar-refractivity contribution in [1.82, 2.24) is 0 Å². The van der Waals surface area contributed by atoms with Gasteiger partial charge in [0.1, 0.15) is 0 Å². The van der Waals surface area contributed by atoms with Gasteiger partial charge in [-0.2, -0.15) is 0 Å². The van der Waals surface area contributed by atoms with E-state index in [0.717, 1.165) is 0 Å². The third kappa shape index (κ3) is 1.16. The molecule has 0 radical (unpaired) electrons. The summed E-state index contributed by atoms with van der Waals surface area (Å²) in [5.74, 6) is 0. The fourth-order valence-corrected chi connectivity index (χ4v) is 3.11. The maximum atomic E-state index is 2.36. The average Bonchev–Trinajstić information content (AvgIpc) is 2.49. The van der Waals surface area contributed by atoms with Crippen LogP contribution < -0.4 is 0 Å². The maximum absolute atomic E-state index is 2.36. The Kier molecular flexibility index (Phi) is 1.92. The van der Waals surface area contributed by atoms with Gasteiger partial charge in [0.15, 0.2) is 0 Å². The Morgan fingerprint density at radius 1 is 1.19 bits per heavy atom. The number of fused-ring (bicyclic) bond motifs is 2. The number of aryl methyl sites for hydroxylation is 1. The average molecular weight is 210 g/mol. The van der Waals surface area contributed by atoms with Crippen LogP contribution in [0.1, 0.15) is 43.4 Å². The van der Waals surface area contributed by atoms with Crippen molar-refractivity contribution in [3.8, 4) is 0 Å². The molecule has 0 spiro atoms. The first-order valence-electron chi connectivity index (χ1n) is 6.12. The van der Waals surface area contributed by atoms with Gasteiger partial charge in [-0.1, -0.05) is 49.8 Å². The molecule has 0 saturated carbocycles. The van der Waals surface area contributed by atoms with E-state index in [0.29, 0.717) is 0 Å². The van der Waals surface area contributed by atoms with Crippen LogP contribution in [0.5, 0.6) is 0 Å². The smallest absolute Gasteiger partial charge is 0.0155 e. The fraction of sp³-hybridized carbons (Fsp3) is 0.375. The molecular formula is C16H18. The normalized spacial score (nSPS) is 20.9. The zero-order valence-electron chi connectivity index (χ0n) is 10.3. The molecule has 0 atom stereocenters. The Labute approximate surface area is 97.7 Å². The molecule has 1 aromatic rings. The minimum atomic E-state index is 0.202. The van der Waals surface area contributed by atoms with Crippen LogP contribution in [0.15, 0.2) is 35.9 Å². The minimum absolute atomic E-state index is 0.202. The van der Waals surface area contributed by atoms with Crippen molar-refractivity contribution in [2.24, 2.45) is 0 Å². The van der Waals surface area contributed by atoms with Crippen LogP contribution in [-0.2, 0) is 5.41 Å². The molecule has 2 aliphatic rings. The first-order valence-corrected chi connectivity index (χ1v) is 6.12. The molecule has 2 aliphatic carbocycles. The van der Waals surface area contributed by atoms with Crippen molar-refractivity contribution in [3.05, 3.63) is 52.6 Å². The Morgan fingerprint density at radius 3 is 2.81 bits per heavy atom. The quantitative estimate of drug-likeness (QED) is 0.595. The largest absolute Gasteiger partial charge is 0.0839 e. The molecule has 0 aromatic heterocycles. The van der Waals surface area contributed by atoms with Crippen LogP contribution in [0.3, 0.4) is 0 Å². The zero-order valence-corrected chi connectivity index (χ0v) is 10.3. The molecule has 0 N–H and O–H groups in total. The fourth-order valence-electron chi connectivity index (χ4n) is 3.11. The third-order valence-electron chi connectivity index (χ3n) is 4.02. The second kappa shape index (κ2) is 3.10. The SMILES string of the molecule is Cc1ccc2c(c1)C(C)(C)C1=C2CCC=C1. The van der Waals surface area contributed by atoms with E-state index >= 15 is 0 Å². The molecule has 0 heterocycles. The lowest BCUT2D eigenvalue weighted by Gasteiger charge is -2.24. The molecular weight excluding hydrogens is 192 g/mol. The van der Waals surface area contributed by atoms with E-state index in [1.807, 2.05) is 0 Å². The van der Waals surface area contributed by atoms with Gasteiger partial charge < -0.3 is 0 Å². The highest BCUT2D eigenvalue weighted by atomic mass is 14.4. The summed E-state index contributed by atoms with van der Waals surface area (Å²) in [5, 5.41) is 0. The predicted octanol–water partition coefficient (Wildman–Crippen LogP) is 4.39. The molecule has 0 fully saturated rings. The van der Waals surface area contributed by atoms with Gasteiger partial charge in [0.05, 0.1) is 0 Å². The van der Waals surface area contributed by atoms with Crippen LogP contribution in [0, 0.1) is 6.92 Å². The van der Waals surface area contributed by atoms with Crippen LogP contribution >= 0.6 is 0 Å². The molecule has 0 nitrogen and oxygen atoms in total. The lowest BCUT2D eigenvalue weighted by molar-refractivity contribution is 0.650. The standard InChI is InChI=1S/C16H18/c1-11-8-9-13-12-6-4-5-7-14(12)16(2,3)15(13)10-11/h5,7-10H,4,6H2,1-3H3. The van der Waals surface area contributed by atoms with E-state index in [-0.39, 0.29) is 5.41 Å². The highest BCUT2D eigenvalue weighted by molar-refractivity contribution is 5.83. The summed E-state index contributed by atoms with van der Waals surface area (Å²) in [5.41, 5.74) is 7.71. The van der Waals surface area contributed by atoms with E-state index in [2.05, 4.69) is 51.1 Å². The highest BCUT2D eigenvalue weighted by Crippen LogP contribution is 2.49. The monoisotopic (exact) mass is 210 g/mol. The van der Waals surface area contributed by atoms with E-state index in [1.54, 1.807) is 11.1 Å². The first-order chi connectivity index (χ1) is 7.60. The Morgan fingerprint density at radius 2 is 2.00 bits per heavy atom. The van der Waals surface area contributed by atoms with Crippen LogP contribution in [0.4, 0.5) is 0 Å². The number of hydrogen-bond acceptors (Lipinski definition) is 0. The molecule has 3 rings (SSSR count). The second-order valence-electron chi connectivity index (χ2n) is 5.51. The van der Waals surface area contributed by atoms with Crippen molar-refractivity contribution in [2.45, 2.75) is 39.0 Å². The van der Waals surface area contributed by atoms with E-state index < -0.39 is 0 Å². The Balaban J connectivity index is 2.28. The first kappa shape index (κ1) is 9.89. The summed E-state index contributed by atoms with van der Waals surface area (Å²) >= 11 is 0. The van der Waals surface area contributed by atoms with Crippen molar-refractivity contribution >= 4 is 5.57 Å². The number of rotatable bonds is 0. The van der Waals surface area contributed by atoms with Crippen LogP contribution in [0.2, 0.25) is 0 Å². The van der Waals surface area contributed by atoms with Gasteiger partial charge in [0.25, 0.3) is 0 Å². The lowest BCUT2D eigenvalue weighted by atomic mass is 9.80. The van der Waals surface area contributed by atoms with Gasteiger partial charge >= 0.3 is 0 Å². The van der Waals surface area contributed by atoms with Gasteiger partial charge in [0, 0.05) is 5.41 Å². The molecule has 0 bridgehead atoms. The van der Waals surface area contributed by atoms with Gasteiger partial charge in [-0.05, 0) is 42.0 Å². The van der Waals surface area contributed by atoms with E-state index in [9.17, 15) is 0 Å². The molecule has 0 amide bonds. The van der Waals surface area contributed by atoms with E-state index in [1.165, 1.54) is 29.5 Å². The topological polar surface area (TPSA) is 0 Å². The molecule has 0 heteroatoms. The zero-order chi connectivity index (χ0) is 11.3. The van der Waals surface area contributed by atoms with E-state index in [4.69, 9.17) is 0 Å². The molecule has 82 valence electrons. The number of allylic oxidation sites excluding steroid dienone is 4. The molecule has 0 saturated heterocycles. The van der Waals surface area contributed by atoms with Gasteiger partial charge in [-0.15, -0.1) is 0 Å². The van der Waals surface area contributed by atoms with Crippen molar-refractivity contribution in [3.63, 3.8) is 0 Å². The third-order valence-corrected chi connectivity index (χ3v) is 4.02. The summed E-state index contributed by atoms with van der Waals surface area (Å²) in [7, 11) is 0. The Hall–Kier alpha value is -1.30. The van der Waals surface area contributed by atoms with Gasteiger partial charge in [-0.3, -0.25) is 0 Å². The van der Waals surface area contributed by atoms with Crippen LogP contribution in [0.25, 0.3) is 5.57 Å². The van der Waals surface area contributed by atoms with Crippen molar-refractivity contribution in [2.75, 3.05) is 0 Å². The molecule has 0 aliphatic heterocycles. The number of benzene rings is 1. The molecule has 1 aromatic carbocycles. The second-order valence-corrected chi connectivity index (χ2v) is 5.51. The lowest BCUT2D eigenvalue weighted by Crippen LogP contribution is -2.16. The van der Waals surface area contributed by atoms with Crippen molar-refractivity contribution in [1.29, 1.82) is 0 Å². The summed E-state index contributed by atoms with van der Waals surface area (Å²) in [6.07, 6.45) is 7.07. The minimum Gasteiger partial charge on any atom is -0.0839 e. The summed E-state index contributed by atoms with van der Waals surface area (Å²) in [4.78, 5) is 0.